The average Bonchev–Trinajstić information content (AvgIpc) is 2.54. The van der Waals surface area contributed by atoms with Crippen LogP contribution in [0.5, 0.6) is 0 Å². The van der Waals surface area contributed by atoms with Gasteiger partial charge in [-0.15, -0.1) is 22.0 Å². The van der Waals surface area contributed by atoms with Crippen molar-refractivity contribution in [1.82, 2.24) is 14.8 Å². The normalized spacial score (nSPS) is 10.1. The van der Waals surface area contributed by atoms with E-state index < -0.39 is 0 Å². The van der Waals surface area contributed by atoms with Gasteiger partial charge >= 0.3 is 0 Å². The van der Waals surface area contributed by atoms with Gasteiger partial charge in [-0.3, -0.25) is 4.57 Å². The molecule has 0 fully saturated rings. The van der Waals surface area contributed by atoms with E-state index in [1.807, 2.05) is 11.5 Å². The summed E-state index contributed by atoms with van der Waals surface area (Å²) in [4.78, 5) is 0. The van der Waals surface area contributed by atoms with Gasteiger partial charge in [0.05, 0.1) is 0 Å². The molecule has 0 aliphatic carbocycles. The second-order valence-electron chi connectivity index (χ2n) is 3.33. The summed E-state index contributed by atoms with van der Waals surface area (Å²) >= 11 is 1.64. The third kappa shape index (κ3) is 3.17. The lowest BCUT2D eigenvalue weighted by Gasteiger charge is -2.10. The average molecular weight is 224 g/mol. The van der Waals surface area contributed by atoms with Crippen LogP contribution in [0.3, 0.4) is 0 Å². The van der Waals surface area contributed by atoms with E-state index in [1.54, 1.807) is 11.8 Å². The molecule has 1 aromatic rings. The van der Waals surface area contributed by atoms with Crippen molar-refractivity contribution in [2.24, 2.45) is 0 Å². The zero-order valence-electron chi connectivity index (χ0n) is 9.32. The summed E-state index contributed by atoms with van der Waals surface area (Å²) in [5, 5.41) is 8.78. The molecule has 0 radical (unpaired) electrons. The van der Waals surface area contributed by atoms with Crippen molar-refractivity contribution >= 4 is 17.7 Å². The van der Waals surface area contributed by atoms with Crippen molar-refractivity contribution in [3.8, 4) is 11.8 Å². The van der Waals surface area contributed by atoms with Crippen molar-refractivity contribution in [3.63, 3.8) is 0 Å². The Morgan fingerprint density at radius 2 is 2.20 bits per heavy atom. The Morgan fingerprint density at radius 3 is 2.80 bits per heavy atom. The van der Waals surface area contributed by atoms with E-state index in [-0.39, 0.29) is 0 Å². The van der Waals surface area contributed by atoms with E-state index in [4.69, 9.17) is 5.73 Å². The summed E-state index contributed by atoms with van der Waals surface area (Å²) in [6.45, 7) is 5.98. The van der Waals surface area contributed by atoms with Crippen LogP contribution in [0.25, 0.3) is 0 Å². The summed E-state index contributed by atoms with van der Waals surface area (Å²) in [5.74, 6) is 7.28. The number of anilines is 1. The first-order chi connectivity index (χ1) is 7.16. The molecule has 1 aromatic heterocycles. The minimum atomic E-state index is 0.291. The maximum atomic E-state index is 5.72. The molecule has 4 nitrogen and oxygen atoms in total. The minimum absolute atomic E-state index is 0.291. The molecule has 0 saturated heterocycles. The molecule has 0 amide bonds. The van der Waals surface area contributed by atoms with Crippen LogP contribution < -0.4 is 5.73 Å². The number of nitrogen functional groups attached to an aromatic ring is 1. The predicted molar refractivity (Wildman–Crippen MR) is 63.6 cm³/mol. The van der Waals surface area contributed by atoms with Crippen LogP contribution >= 0.6 is 11.8 Å². The molecule has 0 atom stereocenters. The smallest absolute Gasteiger partial charge is 0.222 e. The Kier molecular flexibility index (Phi) is 4.50. The van der Waals surface area contributed by atoms with Crippen molar-refractivity contribution < 1.29 is 0 Å². The van der Waals surface area contributed by atoms with Gasteiger partial charge in [0.15, 0.2) is 5.16 Å². The summed E-state index contributed by atoms with van der Waals surface area (Å²) in [7, 11) is 0. The second-order valence-corrected chi connectivity index (χ2v) is 4.39. The molecular formula is C10H16N4S. The monoisotopic (exact) mass is 224 g/mol. The maximum absolute atomic E-state index is 5.72. The Balaban J connectivity index is 2.63. The summed E-state index contributed by atoms with van der Waals surface area (Å²) in [6.07, 6.45) is 0.867. The Labute approximate surface area is 94.6 Å². The van der Waals surface area contributed by atoms with E-state index in [9.17, 15) is 0 Å². The van der Waals surface area contributed by atoms with Crippen LogP contribution in [0.2, 0.25) is 0 Å². The quantitative estimate of drug-likeness (QED) is 0.482. The Hall–Kier alpha value is -1.15. The van der Waals surface area contributed by atoms with Gasteiger partial charge in [-0.1, -0.05) is 11.8 Å². The molecule has 82 valence electrons. The maximum Gasteiger partial charge on any atom is 0.222 e. The fraction of sp³-hybridized carbons (Fsp3) is 0.600. The van der Waals surface area contributed by atoms with E-state index in [1.165, 1.54) is 0 Å². The van der Waals surface area contributed by atoms with Crippen molar-refractivity contribution in [3.05, 3.63) is 0 Å². The molecule has 0 aliphatic heterocycles. The van der Waals surface area contributed by atoms with Crippen molar-refractivity contribution in [2.45, 2.75) is 38.4 Å². The van der Waals surface area contributed by atoms with Gasteiger partial charge in [-0.25, -0.2) is 0 Å². The molecule has 0 unspecified atom stereocenters. The van der Waals surface area contributed by atoms with Crippen LogP contribution in [-0.2, 0) is 0 Å². The molecule has 1 heterocycles. The van der Waals surface area contributed by atoms with Crippen LogP contribution in [0.1, 0.15) is 33.2 Å². The van der Waals surface area contributed by atoms with E-state index in [0.29, 0.717) is 12.0 Å². The van der Waals surface area contributed by atoms with Gasteiger partial charge < -0.3 is 5.73 Å². The summed E-state index contributed by atoms with van der Waals surface area (Å²) in [6, 6.07) is 0.291. The summed E-state index contributed by atoms with van der Waals surface area (Å²) in [5.41, 5.74) is 5.72. The van der Waals surface area contributed by atoms with Crippen molar-refractivity contribution in [2.75, 3.05) is 11.5 Å². The molecule has 1 rings (SSSR count). The number of hydrogen-bond donors (Lipinski definition) is 1. The highest BCUT2D eigenvalue weighted by atomic mass is 32.2. The van der Waals surface area contributed by atoms with Gasteiger partial charge in [-0.05, 0) is 20.8 Å². The number of nitrogens with two attached hydrogens (primary N) is 1. The fourth-order valence-corrected chi connectivity index (χ4v) is 2.12. The standard InChI is InChI=1S/C10H16N4S/c1-4-5-6-7-15-10-13-12-9(11)14(10)8(2)3/h8H,6-7H2,1-3H3,(H2,11,12). The van der Waals surface area contributed by atoms with Crippen LogP contribution in [0.4, 0.5) is 5.95 Å². The van der Waals surface area contributed by atoms with E-state index in [0.717, 1.165) is 17.3 Å². The molecule has 0 spiro atoms. The molecule has 5 heteroatoms. The highest BCUT2D eigenvalue weighted by Crippen LogP contribution is 2.22. The van der Waals surface area contributed by atoms with Crippen LogP contribution in [0.15, 0.2) is 5.16 Å². The van der Waals surface area contributed by atoms with Gasteiger partial charge in [0.25, 0.3) is 0 Å². The molecule has 15 heavy (non-hydrogen) atoms. The molecule has 0 aliphatic rings. The van der Waals surface area contributed by atoms with E-state index in [2.05, 4.69) is 35.9 Å². The molecule has 2 N–H and O–H groups in total. The number of nitrogens with zero attached hydrogens (tertiary/aromatic N) is 3. The summed E-state index contributed by atoms with van der Waals surface area (Å²) < 4.78 is 1.93. The van der Waals surface area contributed by atoms with Gasteiger partial charge in [0, 0.05) is 18.2 Å². The minimum Gasteiger partial charge on any atom is -0.368 e. The Morgan fingerprint density at radius 1 is 1.47 bits per heavy atom. The van der Waals surface area contributed by atoms with Gasteiger partial charge in [-0.2, -0.15) is 0 Å². The largest absolute Gasteiger partial charge is 0.368 e. The second kappa shape index (κ2) is 5.66. The lowest BCUT2D eigenvalue weighted by atomic mass is 10.4. The molecule has 0 bridgehead atoms. The third-order valence-electron chi connectivity index (χ3n) is 1.84. The van der Waals surface area contributed by atoms with Crippen LogP contribution in [-0.4, -0.2) is 20.5 Å². The lowest BCUT2D eigenvalue weighted by Crippen LogP contribution is -2.07. The van der Waals surface area contributed by atoms with Gasteiger partial charge in [0.2, 0.25) is 5.95 Å². The zero-order valence-corrected chi connectivity index (χ0v) is 10.1. The SMILES string of the molecule is CC#CCCSc1nnc(N)n1C(C)C. The van der Waals surface area contributed by atoms with Crippen molar-refractivity contribution in [1.29, 1.82) is 0 Å². The first kappa shape index (κ1) is 11.9. The first-order valence-electron chi connectivity index (χ1n) is 4.89. The molecule has 0 aromatic carbocycles. The van der Waals surface area contributed by atoms with Crippen LogP contribution in [0, 0.1) is 11.8 Å². The van der Waals surface area contributed by atoms with E-state index >= 15 is 0 Å². The predicted octanol–water partition coefficient (Wildman–Crippen LogP) is 1.95. The topological polar surface area (TPSA) is 56.7 Å². The Bertz CT molecular complexity index is 373. The fourth-order valence-electron chi connectivity index (χ4n) is 1.19. The van der Waals surface area contributed by atoms with Gasteiger partial charge in [0.1, 0.15) is 0 Å². The number of rotatable bonds is 4. The number of thioether (sulfide) groups is 1. The number of hydrogen-bond acceptors (Lipinski definition) is 4. The molecule has 0 saturated carbocycles. The third-order valence-corrected chi connectivity index (χ3v) is 2.79. The zero-order chi connectivity index (χ0) is 11.3. The highest BCUT2D eigenvalue weighted by Gasteiger charge is 2.11. The molecular weight excluding hydrogens is 208 g/mol. The highest BCUT2D eigenvalue weighted by molar-refractivity contribution is 7.99. The first-order valence-corrected chi connectivity index (χ1v) is 5.88. The number of aromatic nitrogens is 3. The lowest BCUT2D eigenvalue weighted by molar-refractivity contribution is 0.557.